The number of carbonyl (C=O) groups excluding carboxylic acids is 1. The van der Waals surface area contributed by atoms with E-state index in [0.717, 1.165) is 4.31 Å². The Morgan fingerprint density at radius 3 is 2.35 bits per heavy atom. The fourth-order valence-electron chi connectivity index (χ4n) is 1.83. The van der Waals surface area contributed by atoms with Crippen molar-refractivity contribution in [2.45, 2.75) is 26.3 Å². The minimum Gasteiger partial charge on any atom is -0.268 e. The molecule has 1 heterocycles. The molecule has 0 spiro atoms. The van der Waals surface area contributed by atoms with Gasteiger partial charge in [-0.1, -0.05) is 12.1 Å². The highest BCUT2D eigenvalue weighted by atomic mass is 32.2. The van der Waals surface area contributed by atoms with Crippen molar-refractivity contribution in [1.82, 2.24) is 4.31 Å². The molecule has 0 fully saturated rings. The van der Waals surface area contributed by atoms with Gasteiger partial charge in [-0.2, -0.15) is 8.42 Å². The third-order valence-corrected chi connectivity index (χ3v) is 4.10. The molecule has 1 aliphatic rings. The molecule has 1 aliphatic heterocycles. The maximum absolute atomic E-state index is 12.2. The minimum absolute atomic E-state index is 0.331. The molecular weight excluding hydrogens is 240 g/mol. The Bertz CT molecular complexity index is 573. The Balaban J connectivity index is 2.64. The number of nitrogens with zero attached hydrogens (tertiary/aromatic N) is 1. The highest BCUT2D eigenvalue weighted by Crippen LogP contribution is 2.30. The van der Waals surface area contributed by atoms with Crippen LogP contribution in [0.25, 0.3) is 0 Å². The van der Waals surface area contributed by atoms with Gasteiger partial charge in [-0.3, -0.25) is 9.52 Å². The predicted molar refractivity (Wildman–Crippen MR) is 64.9 cm³/mol. The van der Waals surface area contributed by atoms with Gasteiger partial charge in [0.25, 0.3) is 5.91 Å². The summed E-state index contributed by atoms with van der Waals surface area (Å²) in [5.41, 5.74) is -0.0913. The predicted octanol–water partition coefficient (Wildman–Crippen LogP) is 1.60. The third-order valence-electron chi connectivity index (χ3n) is 2.43. The summed E-state index contributed by atoms with van der Waals surface area (Å²) >= 11 is 0. The van der Waals surface area contributed by atoms with Crippen LogP contribution in [0.1, 0.15) is 31.1 Å². The molecule has 0 aromatic heterocycles. The van der Waals surface area contributed by atoms with Crippen LogP contribution in [0.3, 0.4) is 0 Å². The summed E-state index contributed by atoms with van der Waals surface area (Å²) in [6.45, 7) is 5.04. The van der Waals surface area contributed by atoms with Gasteiger partial charge >= 0.3 is 10.2 Å². The summed E-state index contributed by atoms with van der Waals surface area (Å²) in [6.07, 6.45) is 0. The number of para-hydroxylation sites is 1. The van der Waals surface area contributed by atoms with Gasteiger partial charge in [-0.05, 0) is 32.9 Å². The highest BCUT2D eigenvalue weighted by Gasteiger charge is 2.42. The fraction of sp³-hybridized carbons (Fsp3) is 0.364. The first-order chi connectivity index (χ1) is 7.73. The van der Waals surface area contributed by atoms with Crippen molar-refractivity contribution < 1.29 is 13.2 Å². The number of hydrogen-bond donors (Lipinski definition) is 1. The van der Waals surface area contributed by atoms with E-state index >= 15 is 0 Å². The second-order valence-electron chi connectivity index (χ2n) is 4.89. The van der Waals surface area contributed by atoms with Crippen LogP contribution in [-0.2, 0) is 10.2 Å². The van der Waals surface area contributed by atoms with Crippen molar-refractivity contribution in [3.63, 3.8) is 0 Å². The standard InChI is InChI=1S/C11H14N2O3S/c1-11(2,3)13-10(14)8-6-4-5-7-9(8)12-17(13,15)16/h4-7,12H,1-3H3. The summed E-state index contributed by atoms with van der Waals surface area (Å²) in [5.74, 6) is -0.494. The Morgan fingerprint density at radius 2 is 1.76 bits per heavy atom. The zero-order chi connectivity index (χ0) is 12.8. The van der Waals surface area contributed by atoms with Gasteiger partial charge in [0, 0.05) is 0 Å². The quantitative estimate of drug-likeness (QED) is 0.764. The molecule has 1 aromatic rings. The number of rotatable bonds is 0. The van der Waals surface area contributed by atoms with E-state index in [1.54, 1.807) is 45.0 Å². The second kappa shape index (κ2) is 3.46. The number of amides is 1. The number of anilines is 1. The number of hydrogen-bond acceptors (Lipinski definition) is 3. The van der Waals surface area contributed by atoms with Gasteiger partial charge in [0.15, 0.2) is 0 Å². The molecule has 2 rings (SSSR count). The number of carbonyl (C=O) groups is 1. The average Bonchev–Trinajstić information content (AvgIpc) is 2.13. The first kappa shape index (κ1) is 11.9. The molecule has 17 heavy (non-hydrogen) atoms. The lowest BCUT2D eigenvalue weighted by Crippen LogP contribution is -2.54. The van der Waals surface area contributed by atoms with Crippen LogP contribution in [0.4, 0.5) is 5.69 Å². The Morgan fingerprint density at radius 1 is 1.18 bits per heavy atom. The third kappa shape index (κ3) is 1.88. The van der Waals surface area contributed by atoms with E-state index in [-0.39, 0.29) is 0 Å². The number of fused-ring (bicyclic) bond motifs is 1. The van der Waals surface area contributed by atoms with Crippen molar-refractivity contribution in [3.8, 4) is 0 Å². The minimum atomic E-state index is -3.81. The molecular formula is C11H14N2O3S. The van der Waals surface area contributed by atoms with Gasteiger partial charge in [-0.15, -0.1) is 0 Å². The molecule has 0 saturated carbocycles. The molecule has 6 heteroatoms. The maximum atomic E-state index is 12.2. The van der Waals surface area contributed by atoms with Gasteiger partial charge in [0.05, 0.1) is 16.8 Å². The lowest BCUT2D eigenvalue weighted by molar-refractivity contribution is 0.0772. The molecule has 0 unspecified atom stereocenters. The Hall–Kier alpha value is -1.56. The largest absolute Gasteiger partial charge is 0.326 e. The average molecular weight is 254 g/mol. The van der Waals surface area contributed by atoms with Gasteiger partial charge < -0.3 is 0 Å². The molecule has 0 atom stereocenters. The van der Waals surface area contributed by atoms with Crippen molar-refractivity contribution in [2.24, 2.45) is 0 Å². The molecule has 0 aliphatic carbocycles. The van der Waals surface area contributed by atoms with Gasteiger partial charge in [-0.25, -0.2) is 4.31 Å². The molecule has 0 saturated heterocycles. The zero-order valence-corrected chi connectivity index (χ0v) is 10.7. The van der Waals surface area contributed by atoms with Crippen LogP contribution in [-0.4, -0.2) is 24.2 Å². The van der Waals surface area contributed by atoms with E-state index in [4.69, 9.17) is 0 Å². The van der Waals surface area contributed by atoms with E-state index < -0.39 is 21.7 Å². The zero-order valence-electron chi connectivity index (χ0n) is 9.89. The summed E-state index contributed by atoms with van der Waals surface area (Å²) in [5, 5.41) is 0. The molecule has 5 nitrogen and oxygen atoms in total. The summed E-state index contributed by atoms with van der Waals surface area (Å²) < 4.78 is 27.3. The van der Waals surface area contributed by atoms with Crippen molar-refractivity contribution in [1.29, 1.82) is 0 Å². The van der Waals surface area contributed by atoms with Crippen LogP contribution < -0.4 is 4.72 Å². The second-order valence-corrected chi connectivity index (χ2v) is 6.41. The molecule has 0 bridgehead atoms. The molecule has 1 N–H and O–H groups in total. The summed E-state index contributed by atoms with van der Waals surface area (Å²) in [4.78, 5) is 12.2. The molecule has 1 aromatic carbocycles. The van der Waals surface area contributed by atoms with Crippen molar-refractivity contribution in [2.75, 3.05) is 4.72 Å². The van der Waals surface area contributed by atoms with Crippen LogP contribution in [0.2, 0.25) is 0 Å². The fourth-order valence-corrected chi connectivity index (χ4v) is 3.41. The van der Waals surface area contributed by atoms with E-state index in [1.807, 2.05) is 0 Å². The van der Waals surface area contributed by atoms with Crippen molar-refractivity contribution in [3.05, 3.63) is 29.8 Å². The van der Waals surface area contributed by atoms with Crippen LogP contribution in [0.5, 0.6) is 0 Å². The first-order valence-corrected chi connectivity index (χ1v) is 6.64. The molecule has 0 radical (unpaired) electrons. The van der Waals surface area contributed by atoms with Crippen LogP contribution in [0.15, 0.2) is 24.3 Å². The molecule has 92 valence electrons. The topological polar surface area (TPSA) is 66.5 Å². The normalized spacial score (nSPS) is 18.5. The lowest BCUT2D eigenvalue weighted by Gasteiger charge is -2.37. The monoisotopic (exact) mass is 254 g/mol. The van der Waals surface area contributed by atoms with Crippen LogP contribution in [0, 0.1) is 0 Å². The van der Waals surface area contributed by atoms with Gasteiger partial charge in [0.2, 0.25) is 0 Å². The smallest absolute Gasteiger partial charge is 0.268 e. The highest BCUT2D eigenvalue weighted by molar-refractivity contribution is 7.91. The Kier molecular flexibility index (Phi) is 2.43. The van der Waals surface area contributed by atoms with E-state index in [0.29, 0.717) is 11.3 Å². The number of benzene rings is 1. The maximum Gasteiger partial charge on any atom is 0.326 e. The number of nitrogens with one attached hydrogen (secondary N) is 1. The van der Waals surface area contributed by atoms with E-state index in [1.165, 1.54) is 0 Å². The lowest BCUT2D eigenvalue weighted by atomic mass is 10.1. The SMILES string of the molecule is CC(C)(C)N1C(=O)c2ccccc2NS1(=O)=O. The summed E-state index contributed by atoms with van der Waals surface area (Å²) in [6, 6.07) is 6.57. The van der Waals surface area contributed by atoms with E-state index in [2.05, 4.69) is 4.72 Å². The molecule has 1 amide bonds. The Labute approximate surface area is 101 Å². The summed E-state index contributed by atoms with van der Waals surface area (Å²) in [7, 11) is -3.81. The van der Waals surface area contributed by atoms with Crippen LogP contribution >= 0.6 is 0 Å². The van der Waals surface area contributed by atoms with Crippen molar-refractivity contribution >= 4 is 21.8 Å². The van der Waals surface area contributed by atoms with E-state index in [9.17, 15) is 13.2 Å². The first-order valence-electron chi connectivity index (χ1n) is 5.20. The van der Waals surface area contributed by atoms with Gasteiger partial charge in [0.1, 0.15) is 0 Å².